The molecule has 0 spiro atoms. The van der Waals surface area contributed by atoms with Gasteiger partial charge in [0.25, 0.3) is 0 Å². The van der Waals surface area contributed by atoms with E-state index in [0.29, 0.717) is 35.3 Å². The average molecular weight is 329 g/mol. The van der Waals surface area contributed by atoms with Gasteiger partial charge in [0.1, 0.15) is 0 Å². The Morgan fingerprint density at radius 2 is 2.37 bits per heavy atom. The van der Waals surface area contributed by atoms with Crippen LogP contribution in [0, 0.1) is 0 Å². The predicted octanol–water partition coefficient (Wildman–Crippen LogP) is 1.72. The molecule has 1 fully saturated rings. The molecule has 1 saturated carbocycles. The first-order valence-corrected chi connectivity index (χ1v) is 7.08. The van der Waals surface area contributed by atoms with Gasteiger partial charge in [0, 0.05) is 19.0 Å². The second kappa shape index (κ2) is 6.70. The molecule has 1 amide bonds. The van der Waals surface area contributed by atoms with E-state index in [1.807, 2.05) is 0 Å². The maximum absolute atomic E-state index is 11.5. The summed E-state index contributed by atoms with van der Waals surface area (Å²) in [5, 5.41) is 6.02. The van der Waals surface area contributed by atoms with E-state index in [-0.39, 0.29) is 5.91 Å². The lowest BCUT2D eigenvalue weighted by molar-refractivity contribution is -0.121. The van der Waals surface area contributed by atoms with Crippen LogP contribution >= 0.6 is 15.9 Å². The minimum absolute atomic E-state index is 0.124. The first-order valence-electron chi connectivity index (χ1n) is 6.29. The van der Waals surface area contributed by atoms with Gasteiger partial charge in [-0.1, -0.05) is 0 Å². The van der Waals surface area contributed by atoms with Crippen LogP contribution in [0.3, 0.4) is 0 Å². The Bertz CT molecular complexity index is 451. The number of halogens is 1. The second-order valence-corrected chi connectivity index (χ2v) is 5.28. The van der Waals surface area contributed by atoms with Gasteiger partial charge in [-0.15, -0.1) is 0 Å². The van der Waals surface area contributed by atoms with Gasteiger partial charge in [-0.2, -0.15) is 4.98 Å². The van der Waals surface area contributed by atoms with E-state index in [1.165, 1.54) is 0 Å². The van der Waals surface area contributed by atoms with Gasteiger partial charge in [-0.25, -0.2) is 4.98 Å². The number of ether oxygens (including phenoxy) is 1. The molecule has 2 N–H and O–H groups in total. The van der Waals surface area contributed by atoms with Crippen LogP contribution in [0.1, 0.15) is 25.7 Å². The smallest absolute Gasteiger partial charge is 0.232 e. The molecule has 0 radical (unpaired) electrons. The van der Waals surface area contributed by atoms with E-state index in [0.717, 1.165) is 19.3 Å². The summed E-state index contributed by atoms with van der Waals surface area (Å²) in [6.45, 7) is 0.656. The highest BCUT2D eigenvalue weighted by Crippen LogP contribution is 2.21. The number of hydrogen-bond donors (Lipinski definition) is 2. The lowest BCUT2D eigenvalue weighted by atomic mass is 10.3. The molecule has 0 aromatic carbocycles. The highest BCUT2D eigenvalue weighted by molar-refractivity contribution is 9.10. The number of methoxy groups -OCH3 is 1. The molecule has 0 atom stereocenters. The van der Waals surface area contributed by atoms with Gasteiger partial charge in [0.2, 0.25) is 17.7 Å². The van der Waals surface area contributed by atoms with Gasteiger partial charge < -0.3 is 15.4 Å². The minimum atomic E-state index is 0.124. The Labute approximate surface area is 120 Å². The number of carbonyl (C=O) groups is 1. The molecule has 104 valence electrons. The van der Waals surface area contributed by atoms with Gasteiger partial charge in [-0.05, 0) is 35.2 Å². The van der Waals surface area contributed by atoms with Crippen molar-refractivity contribution in [2.24, 2.45) is 0 Å². The van der Waals surface area contributed by atoms with Crippen molar-refractivity contribution in [2.75, 3.05) is 19.0 Å². The standard InChI is InChI=1S/C12H17BrN4O2/c1-19-11-9(13)7-15-12(17-11)14-6-2-3-10(18)16-8-4-5-8/h7-8H,2-6H2,1H3,(H,16,18)(H,14,15,17). The molecule has 1 heterocycles. The zero-order valence-corrected chi connectivity index (χ0v) is 12.4. The van der Waals surface area contributed by atoms with Crippen molar-refractivity contribution in [3.05, 3.63) is 10.7 Å². The fraction of sp³-hybridized carbons (Fsp3) is 0.583. The number of nitrogens with one attached hydrogen (secondary N) is 2. The lowest BCUT2D eigenvalue weighted by Gasteiger charge is -2.07. The molecular weight excluding hydrogens is 312 g/mol. The molecule has 0 saturated heterocycles. The zero-order chi connectivity index (χ0) is 13.7. The van der Waals surface area contributed by atoms with E-state index >= 15 is 0 Å². The molecule has 2 rings (SSSR count). The topological polar surface area (TPSA) is 76.1 Å². The molecule has 1 aromatic rings. The molecular formula is C12H17BrN4O2. The number of rotatable bonds is 7. The maximum atomic E-state index is 11.5. The normalized spacial score (nSPS) is 14.0. The van der Waals surface area contributed by atoms with Crippen molar-refractivity contribution in [1.82, 2.24) is 15.3 Å². The molecule has 1 aliphatic carbocycles. The van der Waals surface area contributed by atoms with Crippen LogP contribution < -0.4 is 15.4 Å². The second-order valence-electron chi connectivity index (χ2n) is 4.42. The molecule has 1 aliphatic rings. The minimum Gasteiger partial charge on any atom is -0.480 e. The third kappa shape index (κ3) is 4.66. The monoisotopic (exact) mass is 328 g/mol. The SMILES string of the molecule is COc1nc(NCCCC(=O)NC2CC2)ncc1Br. The number of hydrogen-bond acceptors (Lipinski definition) is 5. The first-order chi connectivity index (χ1) is 9.19. The predicted molar refractivity (Wildman–Crippen MR) is 75.2 cm³/mol. The molecule has 19 heavy (non-hydrogen) atoms. The molecule has 0 aliphatic heterocycles. The van der Waals surface area contributed by atoms with Crippen LogP contribution in [0.2, 0.25) is 0 Å². The quantitative estimate of drug-likeness (QED) is 0.745. The molecule has 0 unspecified atom stereocenters. The number of carbonyl (C=O) groups excluding carboxylic acids is 1. The number of aromatic nitrogens is 2. The summed E-state index contributed by atoms with van der Waals surface area (Å²) >= 11 is 3.29. The van der Waals surface area contributed by atoms with Crippen molar-refractivity contribution in [3.63, 3.8) is 0 Å². The number of amides is 1. The van der Waals surface area contributed by atoms with E-state index in [1.54, 1.807) is 13.3 Å². The first kappa shape index (κ1) is 14.0. The van der Waals surface area contributed by atoms with Crippen LogP contribution in [0.5, 0.6) is 5.88 Å². The largest absolute Gasteiger partial charge is 0.480 e. The summed E-state index contributed by atoms with van der Waals surface area (Å²) in [7, 11) is 1.55. The highest BCUT2D eigenvalue weighted by atomic mass is 79.9. The summed E-state index contributed by atoms with van der Waals surface area (Å²) in [5.74, 6) is 1.12. The molecule has 6 nitrogen and oxygen atoms in total. The van der Waals surface area contributed by atoms with Crippen molar-refractivity contribution in [3.8, 4) is 5.88 Å². The highest BCUT2D eigenvalue weighted by Gasteiger charge is 2.22. The van der Waals surface area contributed by atoms with Gasteiger partial charge in [0.05, 0.1) is 17.8 Å². The third-order valence-corrected chi connectivity index (χ3v) is 3.26. The Balaban J connectivity index is 1.68. The van der Waals surface area contributed by atoms with Crippen LogP contribution in [0.25, 0.3) is 0 Å². The summed E-state index contributed by atoms with van der Waals surface area (Å²) < 4.78 is 5.79. The Morgan fingerprint density at radius 1 is 1.58 bits per heavy atom. The van der Waals surface area contributed by atoms with Crippen LogP contribution in [-0.2, 0) is 4.79 Å². The van der Waals surface area contributed by atoms with Crippen LogP contribution in [0.4, 0.5) is 5.95 Å². The van der Waals surface area contributed by atoms with E-state index in [2.05, 4.69) is 36.5 Å². The Hall–Kier alpha value is -1.37. The van der Waals surface area contributed by atoms with E-state index in [4.69, 9.17) is 4.74 Å². The van der Waals surface area contributed by atoms with Crippen LogP contribution in [-0.4, -0.2) is 35.6 Å². The fourth-order valence-corrected chi connectivity index (χ4v) is 1.91. The lowest BCUT2D eigenvalue weighted by Crippen LogP contribution is -2.25. The fourth-order valence-electron chi connectivity index (χ4n) is 1.56. The third-order valence-electron chi connectivity index (χ3n) is 2.71. The van der Waals surface area contributed by atoms with Crippen molar-refractivity contribution >= 4 is 27.8 Å². The van der Waals surface area contributed by atoms with Gasteiger partial charge >= 0.3 is 0 Å². The van der Waals surface area contributed by atoms with Crippen molar-refractivity contribution < 1.29 is 9.53 Å². The maximum Gasteiger partial charge on any atom is 0.232 e. The van der Waals surface area contributed by atoms with Crippen molar-refractivity contribution in [2.45, 2.75) is 31.7 Å². The summed E-state index contributed by atoms with van der Waals surface area (Å²) in [6, 6.07) is 0.430. The summed E-state index contributed by atoms with van der Waals surface area (Å²) in [4.78, 5) is 19.7. The van der Waals surface area contributed by atoms with E-state index in [9.17, 15) is 4.79 Å². The summed E-state index contributed by atoms with van der Waals surface area (Å²) in [5.41, 5.74) is 0. The number of nitrogens with zero attached hydrogens (tertiary/aromatic N) is 2. The Morgan fingerprint density at radius 3 is 3.05 bits per heavy atom. The van der Waals surface area contributed by atoms with Crippen LogP contribution in [0.15, 0.2) is 10.7 Å². The molecule has 7 heteroatoms. The molecule has 0 bridgehead atoms. The van der Waals surface area contributed by atoms with Crippen molar-refractivity contribution in [1.29, 1.82) is 0 Å². The van der Waals surface area contributed by atoms with Gasteiger partial charge in [0.15, 0.2) is 0 Å². The van der Waals surface area contributed by atoms with E-state index < -0.39 is 0 Å². The zero-order valence-electron chi connectivity index (χ0n) is 10.8. The summed E-state index contributed by atoms with van der Waals surface area (Å²) in [6.07, 6.45) is 5.15. The number of anilines is 1. The average Bonchev–Trinajstić information content (AvgIpc) is 3.20. The Kier molecular flexibility index (Phi) is 4.95. The van der Waals surface area contributed by atoms with Gasteiger partial charge in [-0.3, -0.25) is 4.79 Å². The molecule has 1 aromatic heterocycles.